The molecule has 0 atom stereocenters. The molecule has 0 fully saturated rings. The smallest absolute Gasteiger partial charge is 0.262 e. The highest BCUT2D eigenvalue weighted by Crippen LogP contribution is 2.28. The minimum Gasteiger partial charge on any atom is -0.495 e. The Labute approximate surface area is 199 Å². The molecule has 3 N–H and O–H groups in total. The summed E-state index contributed by atoms with van der Waals surface area (Å²) in [6.07, 6.45) is 0. The van der Waals surface area contributed by atoms with Gasteiger partial charge >= 0.3 is 0 Å². The Bertz CT molecular complexity index is 1320. The molecular weight excluding hydrogens is 454 g/mol. The molecule has 178 valence electrons. The maximum atomic E-state index is 13.0. The standard InChI is InChI=1S/C25H27N3O5S/c1-16-11-17(2)13-19(12-16)25(30)26-15-24(29)27-20-10-9-18(3)23(14-20)34(31,32)28-21-7-5-6-8-22(21)33-4/h5-14,28H,15H2,1-4H3,(H,26,30)(H,27,29). The Morgan fingerprint density at radius 1 is 0.912 bits per heavy atom. The van der Waals surface area contributed by atoms with Crippen molar-refractivity contribution in [2.75, 3.05) is 23.7 Å². The van der Waals surface area contributed by atoms with Crippen LogP contribution in [-0.2, 0) is 14.8 Å². The van der Waals surface area contributed by atoms with E-state index in [1.165, 1.54) is 13.2 Å². The van der Waals surface area contributed by atoms with Gasteiger partial charge in [-0.3, -0.25) is 14.3 Å². The first-order chi connectivity index (χ1) is 16.1. The van der Waals surface area contributed by atoms with Crippen molar-refractivity contribution in [3.8, 4) is 5.75 Å². The molecule has 0 saturated carbocycles. The zero-order chi connectivity index (χ0) is 24.9. The van der Waals surface area contributed by atoms with Gasteiger partial charge in [-0.2, -0.15) is 0 Å². The zero-order valence-electron chi connectivity index (χ0n) is 19.4. The number of rotatable bonds is 8. The first-order valence-electron chi connectivity index (χ1n) is 10.5. The van der Waals surface area contributed by atoms with Crippen LogP contribution in [-0.4, -0.2) is 33.9 Å². The van der Waals surface area contributed by atoms with Crippen molar-refractivity contribution in [2.45, 2.75) is 25.7 Å². The van der Waals surface area contributed by atoms with Crippen LogP contribution in [0.2, 0.25) is 0 Å². The number of methoxy groups -OCH3 is 1. The molecule has 8 nitrogen and oxygen atoms in total. The zero-order valence-corrected chi connectivity index (χ0v) is 20.2. The normalized spacial score (nSPS) is 10.9. The van der Waals surface area contributed by atoms with Gasteiger partial charge in [-0.25, -0.2) is 8.42 Å². The Morgan fingerprint density at radius 2 is 1.59 bits per heavy atom. The van der Waals surface area contributed by atoms with Crippen LogP contribution in [0, 0.1) is 20.8 Å². The van der Waals surface area contributed by atoms with Crippen LogP contribution in [0.4, 0.5) is 11.4 Å². The van der Waals surface area contributed by atoms with Gasteiger partial charge in [0.2, 0.25) is 5.91 Å². The van der Waals surface area contributed by atoms with Crippen molar-refractivity contribution in [3.05, 3.63) is 82.9 Å². The van der Waals surface area contributed by atoms with Crippen molar-refractivity contribution in [1.29, 1.82) is 0 Å². The number of aryl methyl sites for hydroxylation is 3. The molecule has 0 aliphatic heterocycles. The Morgan fingerprint density at radius 3 is 2.26 bits per heavy atom. The van der Waals surface area contributed by atoms with Gasteiger partial charge < -0.3 is 15.4 Å². The second kappa shape index (κ2) is 10.4. The van der Waals surface area contributed by atoms with Crippen LogP contribution in [0.1, 0.15) is 27.0 Å². The largest absolute Gasteiger partial charge is 0.495 e. The summed E-state index contributed by atoms with van der Waals surface area (Å²) < 4.78 is 33.8. The second-order valence-corrected chi connectivity index (χ2v) is 9.54. The van der Waals surface area contributed by atoms with Gasteiger partial charge in [0, 0.05) is 11.3 Å². The topological polar surface area (TPSA) is 114 Å². The van der Waals surface area contributed by atoms with Crippen molar-refractivity contribution >= 4 is 33.2 Å². The van der Waals surface area contributed by atoms with E-state index >= 15 is 0 Å². The SMILES string of the molecule is COc1ccccc1NS(=O)(=O)c1cc(NC(=O)CNC(=O)c2cc(C)cc(C)c2)ccc1C. The lowest BCUT2D eigenvalue weighted by Crippen LogP contribution is -2.33. The van der Waals surface area contributed by atoms with E-state index in [0.717, 1.165) is 11.1 Å². The maximum absolute atomic E-state index is 13.0. The van der Waals surface area contributed by atoms with E-state index in [-0.39, 0.29) is 23.0 Å². The number of hydrogen-bond donors (Lipinski definition) is 3. The third-order valence-corrected chi connectivity index (χ3v) is 6.51. The van der Waals surface area contributed by atoms with Crippen molar-refractivity contribution in [1.82, 2.24) is 5.32 Å². The molecule has 0 unspecified atom stereocenters. The van der Waals surface area contributed by atoms with Crippen LogP contribution in [0.25, 0.3) is 0 Å². The molecule has 0 heterocycles. The summed E-state index contributed by atoms with van der Waals surface area (Å²) in [6, 6.07) is 16.7. The van der Waals surface area contributed by atoms with Crippen molar-refractivity contribution in [2.24, 2.45) is 0 Å². The average Bonchev–Trinajstić information content (AvgIpc) is 2.78. The molecule has 3 aromatic rings. The molecule has 2 amide bonds. The summed E-state index contributed by atoms with van der Waals surface area (Å²) in [7, 11) is -2.50. The van der Waals surface area contributed by atoms with Crippen LogP contribution in [0.5, 0.6) is 5.75 Å². The van der Waals surface area contributed by atoms with E-state index in [4.69, 9.17) is 4.74 Å². The van der Waals surface area contributed by atoms with Crippen LogP contribution in [0.15, 0.2) is 65.6 Å². The molecule has 0 aliphatic rings. The van der Waals surface area contributed by atoms with E-state index in [2.05, 4.69) is 15.4 Å². The molecule has 0 spiro atoms. The number of carbonyl (C=O) groups excluding carboxylic acids is 2. The molecule has 0 aromatic heterocycles. The predicted molar refractivity (Wildman–Crippen MR) is 132 cm³/mol. The number of benzene rings is 3. The highest BCUT2D eigenvalue weighted by atomic mass is 32.2. The molecule has 0 radical (unpaired) electrons. The van der Waals surface area contributed by atoms with Gasteiger partial charge in [-0.05, 0) is 62.7 Å². The van der Waals surface area contributed by atoms with E-state index in [1.807, 2.05) is 19.9 Å². The lowest BCUT2D eigenvalue weighted by atomic mass is 10.1. The quantitative estimate of drug-likeness (QED) is 0.453. The first kappa shape index (κ1) is 24.8. The van der Waals surface area contributed by atoms with E-state index in [0.29, 0.717) is 22.6 Å². The Hall–Kier alpha value is -3.85. The first-order valence-corrected chi connectivity index (χ1v) is 12.0. The minimum absolute atomic E-state index is 0.00970. The summed E-state index contributed by atoms with van der Waals surface area (Å²) in [6.45, 7) is 5.18. The molecule has 3 rings (SSSR count). The number of sulfonamides is 1. The lowest BCUT2D eigenvalue weighted by Gasteiger charge is -2.14. The molecule has 9 heteroatoms. The van der Waals surface area contributed by atoms with Crippen LogP contribution >= 0.6 is 0 Å². The number of ether oxygens (including phenoxy) is 1. The third kappa shape index (κ3) is 6.14. The minimum atomic E-state index is -3.96. The highest BCUT2D eigenvalue weighted by Gasteiger charge is 2.20. The Balaban J connectivity index is 1.70. The number of anilines is 2. The summed E-state index contributed by atoms with van der Waals surface area (Å²) in [5.74, 6) is -0.467. The third-order valence-electron chi connectivity index (χ3n) is 5.01. The van der Waals surface area contributed by atoms with Crippen molar-refractivity contribution < 1.29 is 22.7 Å². The number of amides is 2. The van der Waals surface area contributed by atoms with Gasteiger partial charge in [0.05, 0.1) is 24.2 Å². The molecule has 3 aromatic carbocycles. The Kier molecular flexibility index (Phi) is 7.57. The van der Waals surface area contributed by atoms with E-state index in [1.54, 1.807) is 55.5 Å². The van der Waals surface area contributed by atoms with Gasteiger partial charge in [0.25, 0.3) is 15.9 Å². The van der Waals surface area contributed by atoms with Gasteiger partial charge in [0.15, 0.2) is 0 Å². The van der Waals surface area contributed by atoms with Gasteiger partial charge in [0.1, 0.15) is 5.75 Å². The number of para-hydroxylation sites is 2. The van der Waals surface area contributed by atoms with Crippen molar-refractivity contribution in [3.63, 3.8) is 0 Å². The van der Waals surface area contributed by atoms with Gasteiger partial charge in [-0.15, -0.1) is 0 Å². The fourth-order valence-electron chi connectivity index (χ4n) is 3.47. The molecular formula is C25H27N3O5S. The second-order valence-electron chi connectivity index (χ2n) is 7.89. The summed E-state index contributed by atoms with van der Waals surface area (Å²) >= 11 is 0. The highest BCUT2D eigenvalue weighted by molar-refractivity contribution is 7.92. The number of nitrogens with one attached hydrogen (secondary N) is 3. The van der Waals surface area contributed by atoms with Gasteiger partial charge in [-0.1, -0.05) is 35.4 Å². The fraction of sp³-hybridized carbons (Fsp3) is 0.200. The summed E-state index contributed by atoms with van der Waals surface area (Å²) in [5.41, 5.74) is 3.46. The lowest BCUT2D eigenvalue weighted by molar-refractivity contribution is -0.115. The molecule has 0 aliphatic carbocycles. The molecule has 0 bridgehead atoms. The van der Waals surface area contributed by atoms with Crippen LogP contribution in [0.3, 0.4) is 0 Å². The molecule has 0 saturated heterocycles. The fourth-order valence-corrected chi connectivity index (χ4v) is 4.81. The van der Waals surface area contributed by atoms with Crippen LogP contribution < -0.4 is 20.1 Å². The van der Waals surface area contributed by atoms with E-state index in [9.17, 15) is 18.0 Å². The van der Waals surface area contributed by atoms with E-state index < -0.39 is 15.9 Å². The molecule has 34 heavy (non-hydrogen) atoms. The monoisotopic (exact) mass is 481 g/mol. The predicted octanol–water partition coefficient (Wildman–Crippen LogP) is 3.79. The maximum Gasteiger partial charge on any atom is 0.262 e. The summed E-state index contributed by atoms with van der Waals surface area (Å²) in [4.78, 5) is 24.8. The summed E-state index contributed by atoms with van der Waals surface area (Å²) in [5, 5.41) is 5.21. The number of hydrogen-bond acceptors (Lipinski definition) is 5. The average molecular weight is 482 g/mol. The number of carbonyl (C=O) groups is 2.